The molecule has 0 radical (unpaired) electrons. The van der Waals surface area contributed by atoms with Crippen LogP contribution in [0.25, 0.3) is 0 Å². The number of rotatable bonds is 5. The van der Waals surface area contributed by atoms with Crippen LogP contribution in [0.15, 0.2) is 41.8 Å². The normalized spacial score (nSPS) is 11.7. The second-order valence-corrected chi connectivity index (χ2v) is 5.46. The van der Waals surface area contributed by atoms with Crippen LogP contribution in [0.4, 0.5) is 4.39 Å². The van der Waals surface area contributed by atoms with Crippen molar-refractivity contribution in [3.63, 3.8) is 0 Å². The summed E-state index contributed by atoms with van der Waals surface area (Å²) < 4.78 is 12.8. The molecule has 0 fully saturated rings. The van der Waals surface area contributed by atoms with Gasteiger partial charge in [-0.15, -0.1) is 11.3 Å². The molecule has 0 saturated carbocycles. The van der Waals surface area contributed by atoms with Crippen molar-refractivity contribution in [1.29, 1.82) is 0 Å². The summed E-state index contributed by atoms with van der Waals surface area (Å²) in [5.41, 5.74) is 0.793. The SMILES string of the molecule is C[C@H](NC(=O)c1cccs1)C(=O)NCc1ccc(F)cc1. The first-order valence-electron chi connectivity index (χ1n) is 6.43. The van der Waals surface area contributed by atoms with E-state index >= 15 is 0 Å². The highest BCUT2D eigenvalue weighted by molar-refractivity contribution is 7.12. The molecule has 1 heterocycles. The number of halogens is 1. The lowest BCUT2D eigenvalue weighted by molar-refractivity contribution is -0.122. The first kappa shape index (κ1) is 15.2. The van der Waals surface area contributed by atoms with Gasteiger partial charge in [-0.25, -0.2) is 4.39 Å². The molecule has 21 heavy (non-hydrogen) atoms. The van der Waals surface area contributed by atoms with Crippen LogP contribution in [0.3, 0.4) is 0 Å². The highest BCUT2D eigenvalue weighted by atomic mass is 32.1. The Kier molecular flexibility index (Phi) is 5.05. The van der Waals surface area contributed by atoms with Crippen LogP contribution in [0.1, 0.15) is 22.2 Å². The Morgan fingerprint density at radius 1 is 1.24 bits per heavy atom. The van der Waals surface area contributed by atoms with Gasteiger partial charge in [0.25, 0.3) is 5.91 Å². The molecule has 1 aromatic heterocycles. The number of benzene rings is 1. The van der Waals surface area contributed by atoms with Crippen molar-refractivity contribution in [3.05, 3.63) is 58.0 Å². The summed E-state index contributed by atoms with van der Waals surface area (Å²) in [5.74, 6) is -0.875. The van der Waals surface area contributed by atoms with E-state index in [0.717, 1.165) is 5.56 Å². The lowest BCUT2D eigenvalue weighted by atomic mass is 10.2. The summed E-state index contributed by atoms with van der Waals surface area (Å²) in [6.07, 6.45) is 0. The molecule has 1 aromatic carbocycles. The van der Waals surface area contributed by atoms with Gasteiger partial charge in [-0.05, 0) is 36.1 Å². The molecular formula is C15H15FN2O2S. The van der Waals surface area contributed by atoms with E-state index in [1.54, 1.807) is 36.6 Å². The molecular weight excluding hydrogens is 291 g/mol. The number of hydrogen-bond acceptors (Lipinski definition) is 3. The van der Waals surface area contributed by atoms with Gasteiger partial charge in [0.1, 0.15) is 11.9 Å². The van der Waals surface area contributed by atoms with Crippen molar-refractivity contribution in [2.45, 2.75) is 19.5 Å². The Balaban J connectivity index is 1.82. The minimum absolute atomic E-state index is 0.269. The standard InChI is InChI=1S/C15H15FN2O2S/c1-10(18-15(20)13-3-2-8-21-13)14(19)17-9-11-4-6-12(16)7-5-11/h2-8,10H,9H2,1H3,(H,17,19)(H,18,20)/t10-/m0/s1. The van der Waals surface area contributed by atoms with E-state index < -0.39 is 6.04 Å². The molecule has 2 aromatic rings. The molecule has 0 aliphatic carbocycles. The Morgan fingerprint density at radius 3 is 2.57 bits per heavy atom. The molecule has 110 valence electrons. The van der Waals surface area contributed by atoms with Gasteiger partial charge in [0.2, 0.25) is 5.91 Å². The van der Waals surface area contributed by atoms with E-state index in [0.29, 0.717) is 11.4 Å². The fourth-order valence-corrected chi connectivity index (χ4v) is 2.31. The molecule has 0 bridgehead atoms. The third kappa shape index (κ3) is 4.39. The van der Waals surface area contributed by atoms with Gasteiger partial charge in [0.15, 0.2) is 0 Å². The second-order valence-electron chi connectivity index (χ2n) is 4.52. The van der Waals surface area contributed by atoms with Crippen molar-refractivity contribution < 1.29 is 14.0 Å². The van der Waals surface area contributed by atoms with Crippen molar-refractivity contribution >= 4 is 23.2 Å². The fourth-order valence-electron chi connectivity index (χ4n) is 1.69. The van der Waals surface area contributed by atoms with Crippen LogP contribution >= 0.6 is 11.3 Å². The van der Waals surface area contributed by atoms with Crippen molar-refractivity contribution in [3.8, 4) is 0 Å². The van der Waals surface area contributed by atoms with Crippen molar-refractivity contribution in [1.82, 2.24) is 10.6 Å². The van der Waals surface area contributed by atoms with Gasteiger partial charge in [0, 0.05) is 6.54 Å². The topological polar surface area (TPSA) is 58.2 Å². The van der Waals surface area contributed by atoms with Crippen molar-refractivity contribution in [2.24, 2.45) is 0 Å². The summed E-state index contributed by atoms with van der Waals surface area (Å²) in [4.78, 5) is 24.3. The van der Waals surface area contributed by atoms with Crippen LogP contribution < -0.4 is 10.6 Å². The third-order valence-electron chi connectivity index (χ3n) is 2.87. The maximum absolute atomic E-state index is 12.8. The van der Waals surface area contributed by atoms with Gasteiger partial charge in [-0.3, -0.25) is 9.59 Å². The highest BCUT2D eigenvalue weighted by Crippen LogP contribution is 2.08. The zero-order valence-electron chi connectivity index (χ0n) is 11.4. The number of nitrogens with one attached hydrogen (secondary N) is 2. The Bertz CT molecular complexity index is 611. The van der Waals surface area contributed by atoms with Crippen LogP contribution in [-0.4, -0.2) is 17.9 Å². The molecule has 2 amide bonds. The predicted octanol–water partition coefficient (Wildman–Crippen LogP) is 2.32. The lowest BCUT2D eigenvalue weighted by Gasteiger charge is -2.13. The molecule has 0 spiro atoms. The maximum Gasteiger partial charge on any atom is 0.261 e. The van der Waals surface area contributed by atoms with Gasteiger partial charge in [-0.1, -0.05) is 18.2 Å². The number of carbonyl (C=O) groups is 2. The monoisotopic (exact) mass is 306 g/mol. The number of amides is 2. The van der Waals surface area contributed by atoms with Crippen LogP contribution in [-0.2, 0) is 11.3 Å². The Hall–Kier alpha value is -2.21. The maximum atomic E-state index is 12.8. The van der Waals surface area contributed by atoms with E-state index in [2.05, 4.69) is 10.6 Å². The molecule has 2 N–H and O–H groups in total. The second kappa shape index (κ2) is 6.99. The summed E-state index contributed by atoms with van der Waals surface area (Å²) in [7, 11) is 0. The zero-order chi connectivity index (χ0) is 15.2. The first-order valence-corrected chi connectivity index (χ1v) is 7.31. The number of thiophene rings is 1. The van der Waals surface area contributed by atoms with E-state index in [9.17, 15) is 14.0 Å². The summed E-state index contributed by atoms with van der Waals surface area (Å²) >= 11 is 1.32. The smallest absolute Gasteiger partial charge is 0.261 e. The molecule has 0 saturated heterocycles. The summed E-state index contributed by atoms with van der Waals surface area (Å²) in [5, 5.41) is 7.12. The minimum Gasteiger partial charge on any atom is -0.350 e. The largest absolute Gasteiger partial charge is 0.350 e. The molecule has 6 heteroatoms. The van der Waals surface area contributed by atoms with Crippen molar-refractivity contribution in [2.75, 3.05) is 0 Å². The molecule has 2 rings (SSSR count). The van der Waals surface area contributed by atoms with E-state index in [-0.39, 0.29) is 17.6 Å². The van der Waals surface area contributed by atoms with Gasteiger partial charge < -0.3 is 10.6 Å². The first-order chi connectivity index (χ1) is 10.1. The molecule has 0 aliphatic heterocycles. The van der Waals surface area contributed by atoms with Crippen LogP contribution in [0, 0.1) is 5.82 Å². The average molecular weight is 306 g/mol. The third-order valence-corrected chi connectivity index (χ3v) is 3.73. The number of carbonyl (C=O) groups excluding carboxylic acids is 2. The Labute approximate surface area is 126 Å². The fraction of sp³-hybridized carbons (Fsp3) is 0.200. The molecule has 4 nitrogen and oxygen atoms in total. The highest BCUT2D eigenvalue weighted by Gasteiger charge is 2.16. The van der Waals surface area contributed by atoms with Gasteiger partial charge in [0.05, 0.1) is 4.88 Å². The van der Waals surface area contributed by atoms with Crippen LogP contribution in [0.5, 0.6) is 0 Å². The Morgan fingerprint density at radius 2 is 1.95 bits per heavy atom. The van der Waals surface area contributed by atoms with Gasteiger partial charge in [-0.2, -0.15) is 0 Å². The average Bonchev–Trinajstić information content (AvgIpc) is 3.00. The lowest BCUT2D eigenvalue weighted by Crippen LogP contribution is -2.44. The number of hydrogen-bond donors (Lipinski definition) is 2. The zero-order valence-corrected chi connectivity index (χ0v) is 12.2. The summed E-state index contributed by atoms with van der Waals surface area (Å²) in [6, 6.07) is 8.71. The van der Waals surface area contributed by atoms with E-state index in [4.69, 9.17) is 0 Å². The minimum atomic E-state index is -0.639. The predicted molar refractivity (Wildman–Crippen MR) is 79.5 cm³/mol. The van der Waals surface area contributed by atoms with E-state index in [1.165, 1.54) is 23.5 Å². The molecule has 0 aliphatic rings. The van der Waals surface area contributed by atoms with Gasteiger partial charge >= 0.3 is 0 Å². The molecule has 0 unspecified atom stereocenters. The molecule has 1 atom stereocenters. The quantitative estimate of drug-likeness (QED) is 0.890. The van der Waals surface area contributed by atoms with Crippen LogP contribution in [0.2, 0.25) is 0 Å². The van der Waals surface area contributed by atoms with E-state index in [1.807, 2.05) is 0 Å². The summed E-state index contributed by atoms with van der Waals surface area (Å²) in [6.45, 7) is 1.91.